The monoisotopic (exact) mass is 517 g/mol. The maximum absolute atomic E-state index is 9.43. The molecule has 2 aliphatic rings. The van der Waals surface area contributed by atoms with Crippen molar-refractivity contribution < 1.29 is 56.1 Å². The van der Waals surface area contributed by atoms with Gasteiger partial charge >= 0.3 is 26.2 Å². The van der Waals surface area contributed by atoms with Crippen LogP contribution in [0.1, 0.15) is 24.5 Å². The van der Waals surface area contributed by atoms with Crippen molar-refractivity contribution in [1.29, 1.82) is 0 Å². The molecule has 0 saturated carbocycles. The van der Waals surface area contributed by atoms with Gasteiger partial charge in [-0.3, -0.25) is 0 Å². The Bertz CT molecular complexity index is 1170. The van der Waals surface area contributed by atoms with E-state index in [0.29, 0.717) is 0 Å². The zero-order valence-corrected chi connectivity index (χ0v) is 22.0. The standard InChI is InChI=1S/C24H25OSi.2ClH.Zr/c1-4-17-10-12-22-21-8-6-5-7-18(21)16-23(22)24(17)19-9-11-20(15-19)26(2,3)14-13-25;;;/h4-8,10-12,15,25H,9,13-14H2,1-3H3;2*1H;/q-1;;;+3/p-2. The molecule has 2 aromatic rings. The van der Waals surface area contributed by atoms with Crippen LogP contribution in [-0.4, -0.2) is 19.8 Å². The van der Waals surface area contributed by atoms with Gasteiger partial charge in [0, 0.05) is 6.61 Å². The number of halogens is 2. The topological polar surface area (TPSA) is 20.2 Å². The number of hydrogen-bond donors (Lipinski definition) is 1. The van der Waals surface area contributed by atoms with E-state index in [4.69, 9.17) is 0 Å². The van der Waals surface area contributed by atoms with Crippen molar-refractivity contribution in [3.8, 4) is 0 Å². The Morgan fingerprint density at radius 3 is 2.48 bits per heavy atom. The molecule has 2 aliphatic carbocycles. The van der Waals surface area contributed by atoms with Gasteiger partial charge in [0.15, 0.2) is 0 Å². The summed E-state index contributed by atoms with van der Waals surface area (Å²) in [5.74, 6) is 0. The fourth-order valence-corrected chi connectivity index (χ4v) is 6.18. The maximum atomic E-state index is 9.43. The molecule has 2 aromatic carbocycles. The molecule has 0 unspecified atom stereocenters. The van der Waals surface area contributed by atoms with Gasteiger partial charge in [-0.2, -0.15) is 0 Å². The van der Waals surface area contributed by atoms with Gasteiger partial charge < -0.3 is 29.9 Å². The van der Waals surface area contributed by atoms with Crippen LogP contribution in [0.5, 0.6) is 0 Å². The molecular formula is C24H25Cl2OSiZr. The number of benzene rings is 2. The summed E-state index contributed by atoms with van der Waals surface area (Å²) >= 11 is 0. The first-order valence-corrected chi connectivity index (χ1v) is 12.6. The molecule has 0 fully saturated rings. The molecule has 0 heterocycles. The Hall–Kier alpha value is -0.700. The Morgan fingerprint density at radius 1 is 1.07 bits per heavy atom. The number of aliphatic hydroxyl groups is 1. The van der Waals surface area contributed by atoms with Gasteiger partial charge in [0.05, 0.1) is 8.07 Å². The Labute approximate surface area is 205 Å². The van der Waals surface area contributed by atoms with E-state index < -0.39 is 8.07 Å². The molecule has 0 bridgehead atoms. The Kier molecular flexibility index (Phi) is 9.58. The van der Waals surface area contributed by atoms with Crippen molar-refractivity contribution in [3.05, 3.63) is 85.7 Å². The first-order chi connectivity index (χ1) is 12.5. The van der Waals surface area contributed by atoms with E-state index in [0.717, 1.165) is 12.5 Å². The summed E-state index contributed by atoms with van der Waals surface area (Å²) in [4.78, 5) is 0. The quantitative estimate of drug-likeness (QED) is 0.305. The summed E-state index contributed by atoms with van der Waals surface area (Å²) in [5, 5.41) is 16.0. The average Bonchev–Trinajstić information content (AvgIpc) is 3.26. The molecule has 4 rings (SSSR count). The number of allylic oxidation sites excluding steroid dienone is 4. The minimum atomic E-state index is -1.56. The van der Waals surface area contributed by atoms with E-state index in [1.165, 1.54) is 42.8 Å². The first kappa shape index (κ1) is 26.3. The van der Waals surface area contributed by atoms with Crippen LogP contribution in [0.25, 0.3) is 17.7 Å². The van der Waals surface area contributed by atoms with E-state index in [1.54, 1.807) is 0 Å². The fourth-order valence-electron chi connectivity index (χ4n) is 4.12. The van der Waals surface area contributed by atoms with Gasteiger partial charge in [0.1, 0.15) is 0 Å². The molecule has 5 heteroatoms. The van der Waals surface area contributed by atoms with Crippen LogP contribution in [-0.2, 0) is 26.2 Å². The van der Waals surface area contributed by atoms with Crippen molar-refractivity contribution in [3.63, 3.8) is 0 Å². The third kappa shape index (κ3) is 4.81. The minimum Gasteiger partial charge on any atom is -1.00 e. The van der Waals surface area contributed by atoms with Gasteiger partial charge in [0.25, 0.3) is 0 Å². The summed E-state index contributed by atoms with van der Waals surface area (Å²) < 4.78 is 0. The van der Waals surface area contributed by atoms with Crippen LogP contribution < -0.4 is 35.3 Å². The normalized spacial score (nSPS) is 14.4. The van der Waals surface area contributed by atoms with Crippen LogP contribution in [0.15, 0.2) is 53.7 Å². The molecule has 149 valence electrons. The SMILES string of the molecule is CC=c1ccc2c(c1C1=CC([Si](C)(C)CCO)=CC1)[C-]=c1ccccc1=2.[Cl-].[Cl-].[Zr+3]. The Morgan fingerprint density at radius 2 is 1.79 bits per heavy atom. The zero-order valence-electron chi connectivity index (χ0n) is 17.0. The largest absolute Gasteiger partial charge is 3.00 e. The molecule has 0 saturated heterocycles. The van der Waals surface area contributed by atoms with Crippen LogP contribution in [0.4, 0.5) is 0 Å². The predicted molar refractivity (Wildman–Crippen MR) is 113 cm³/mol. The molecule has 29 heavy (non-hydrogen) atoms. The average molecular weight is 520 g/mol. The molecule has 0 aliphatic heterocycles. The number of hydrogen-bond acceptors (Lipinski definition) is 1. The molecule has 1 nitrogen and oxygen atoms in total. The fraction of sp³-hybridized carbons (Fsp3) is 0.250. The summed E-state index contributed by atoms with van der Waals surface area (Å²) in [5.41, 5.74) is 3.97. The van der Waals surface area contributed by atoms with E-state index in [9.17, 15) is 5.11 Å². The summed E-state index contributed by atoms with van der Waals surface area (Å²) in [6.45, 7) is 7.10. The molecule has 0 atom stereocenters. The molecular weight excluding hydrogens is 494 g/mol. The number of rotatable bonds is 4. The molecule has 1 N–H and O–H groups in total. The number of fused-ring (bicyclic) bond motifs is 2. The van der Waals surface area contributed by atoms with Crippen molar-refractivity contribution in [2.45, 2.75) is 32.5 Å². The van der Waals surface area contributed by atoms with Crippen LogP contribution in [0, 0.1) is 10.4 Å². The van der Waals surface area contributed by atoms with Gasteiger partial charge in [-0.1, -0.05) is 83.2 Å². The van der Waals surface area contributed by atoms with Crippen molar-refractivity contribution in [1.82, 2.24) is 0 Å². The van der Waals surface area contributed by atoms with Gasteiger partial charge in [0.2, 0.25) is 0 Å². The van der Waals surface area contributed by atoms with E-state index in [2.05, 4.69) is 80.7 Å². The van der Waals surface area contributed by atoms with E-state index >= 15 is 0 Å². The second-order valence-corrected chi connectivity index (χ2v) is 12.6. The molecule has 0 spiro atoms. The van der Waals surface area contributed by atoms with Gasteiger partial charge in [-0.25, -0.2) is 0 Å². The summed E-state index contributed by atoms with van der Waals surface area (Å²) in [6.07, 6.45) is 11.6. The molecule has 0 aromatic heterocycles. The first-order valence-electron chi connectivity index (χ1n) is 9.40. The maximum Gasteiger partial charge on any atom is 3.00 e. The van der Waals surface area contributed by atoms with E-state index in [1.807, 2.05) is 0 Å². The Balaban J connectivity index is 0.00000140. The second kappa shape index (κ2) is 10.6. The van der Waals surface area contributed by atoms with Crippen molar-refractivity contribution >= 4 is 25.8 Å². The van der Waals surface area contributed by atoms with Crippen LogP contribution >= 0.6 is 0 Å². The van der Waals surface area contributed by atoms with Gasteiger partial charge in [-0.05, 0) is 19.4 Å². The third-order valence-electron chi connectivity index (χ3n) is 5.74. The van der Waals surface area contributed by atoms with Gasteiger partial charge in [-0.15, -0.1) is 33.4 Å². The summed E-state index contributed by atoms with van der Waals surface area (Å²) in [6, 6.07) is 13.9. The van der Waals surface area contributed by atoms with Crippen molar-refractivity contribution in [2.24, 2.45) is 0 Å². The number of aliphatic hydroxyl groups excluding tert-OH is 1. The molecule has 0 amide bonds. The minimum absolute atomic E-state index is 0. The van der Waals surface area contributed by atoms with Crippen LogP contribution in [0.3, 0.4) is 0 Å². The second-order valence-electron chi connectivity index (χ2n) is 7.80. The van der Waals surface area contributed by atoms with E-state index in [-0.39, 0.29) is 57.6 Å². The smallest absolute Gasteiger partial charge is 1.00 e. The van der Waals surface area contributed by atoms with Crippen LogP contribution in [0.2, 0.25) is 19.1 Å². The van der Waals surface area contributed by atoms with Crippen molar-refractivity contribution in [2.75, 3.05) is 6.61 Å². The molecule has 1 radical (unpaired) electrons. The summed E-state index contributed by atoms with van der Waals surface area (Å²) in [7, 11) is -1.56. The zero-order chi connectivity index (χ0) is 18.3. The predicted octanol–water partition coefficient (Wildman–Crippen LogP) is -2.25. The third-order valence-corrected chi connectivity index (χ3v) is 9.12.